The average molecular weight is 240 g/mol. The second-order valence-corrected chi connectivity index (χ2v) is 3.59. The quantitative estimate of drug-likeness (QED) is 0.859. The Morgan fingerprint density at radius 2 is 2.22 bits per heavy atom. The number of nitriles is 1. The van der Waals surface area contributed by atoms with Crippen molar-refractivity contribution in [1.82, 2.24) is 4.98 Å². The first-order valence-electron chi connectivity index (χ1n) is 5.30. The number of anilines is 3. The van der Waals surface area contributed by atoms with E-state index in [1.54, 1.807) is 43.6 Å². The van der Waals surface area contributed by atoms with Crippen LogP contribution in [-0.4, -0.2) is 12.1 Å². The lowest BCUT2D eigenvalue weighted by Gasteiger charge is -2.10. The molecule has 1 heterocycles. The van der Waals surface area contributed by atoms with Crippen LogP contribution in [0.4, 0.5) is 17.2 Å². The minimum atomic E-state index is 0.501. The Bertz CT molecular complexity index is 604. The summed E-state index contributed by atoms with van der Waals surface area (Å²) in [6.45, 7) is 0. The van der Waals surface area contributed by atoms with Gasteiger partial charge in [0.15, 0.2) is 5.82 Å². The van der Waals surface area contributed by atoms with Crippen LogP contribution in [0, 0.1) is 11.3 Å². The smallest absolute Gasteiger partial charge is 0.153 e. The monoisotopic (exact) mass is 240 g/mol. The van der Waals surface area contributed by atoms with Crippen molar-refractivity contribution in [2.75, 3.05) is 18.2 Å². The zero-order valence-corrected chi connectivity index (χ0v) is 9.84. The molecule has 0 spiro atoms. The number of nitrogens with two attached hydrogens (primary N) is 1. The van der Waals surface area contributed by atoms with Gasteiger partial charge in [0.05, 0.1) is 24.0 Å². The van der Waals surface area contributed by atoms with E-state index < -0.39 is 0 Å². The van der Waals surface area contributed by atoms with Gasteiger partial charge < -0.3 is 15.8 Å². The normalized spacial score (nSPS) is 9.56. The highest BCUT2D eigenvalue weighted by Crippen LogP contribution is 2.26. The highest BCUT2D eigenvalue weighted by atomic mass is 16.5. The second-order valence-electron chi connectivity index (χ2n) is 3.59. The fourth-order valence-corrected chi connectivity index (χ4v) is 1.50. The molecule has 5 heteroatoms. The maximum Gasteiger partial charge on any atom is 0.153 e. The summed E-state index contributed by atoms with van der Waals surface area (Å²) in [5, 5.41) is 12.1. The first-order valence-corrected chi connectivity index (χ1v) is 5.30. The van der Waals surface area contributed by atoms with E-state index in [2.05, 4.69) is 16.4 Å². The number of aromatic nitrogens is 1. The summed E-state index contributed by atoms with van der Waals surface area (Å²) in [5.74, 6) is 1.17. The lowest BCUT2D eigenvalue weighted by Crippen LogP contribution is -2.00. The molecule has 1 aromatic carbocycles. The number of methoxy groups -OCH3 is 1. The third-order valence-corrected chi connectivity index (χ3v) is 2.44. The van der Waals surface area contributed by atoms with Crippen molar-refractivity contribution in [3.8, 4) is 11.8 Å². The average Bonchev–Trinajstić information content (AvgIpc) is 2.41. The predicted molar refractivity (Wildman–Crippen MR) is 69.6 cm³/mol. The van der Waals surface area contributed by atoms with E-state index in [1.807, 2.05) is 0 Å². The largest absolute Gasteiger partial charge is 0.497 e. The van der Waals surface area contributed by atoms with Crippen LogP contribution in [0.25, 0.3) is 0 Å². The third-order valence-electron chi connectivity index (χ3n) is 2.44. The first-order chi connectivity index (χ1) is 8.74. The fraction of sp³-hybridized carbons (Fsp3) is 0.0769. The Morgan fingerprint density at radius 3 is 2.89 bits per heavy atom. The molecule has 0 radical (unpaired) electrons. The molecule has 1 aromatic heterocycles. The number of pyridine rings is 1. The molecule has 2 rings (SSSR count). The molecule has 2 aromatic rings. The Hall–Kier alpha value is -2.74. The molecule has 0 aliphatic carbocycles. The summed E-state index contributed by atoms with van der Waals surface area (Å²) in [4.78, 5) is 4.12. The Morgan fingerprint density at radius 1 is 1.39 bits per heavy atom. The van der Waals surface area contributed by atoms with E-state index in [-0.39, 0.29) is 0 Å². The van der Waals surface area contributed by atoms with Gasteiger partial charge >= 0.3 is 0 Å². The molecular weight excluding hydrogens is 228 g/mol. The van der Waals surface area contributed by atoms with Crippen molar-refractivity contribution in [3.05, 3.63) is 42.1 Å². The molecule has 0 atom stereocenters. The van der Waals surface area contributed by atoms with Gasteiger partial charge in [-0.25, -0.2) is 4.98 Å². The molecule has 0 saturated heterocycles. The number of nitrogen functional groups attached to an aromatic ring is 1. The molecule has 0 bridgehead atoms. The minimum Gasteiger partial charge on any atom is -0.497 e. The molecule has 18 heavy (non-hydrogen) atoms. The zero-order valence-electron chi connectivity index (χ0n) is 9.84. The van der Waals surface area contributed by atoms with Crippen molar-refractivity contribution >= 4 is 17.2 Å². The van der Waals surface area contributed by atoms with Gasteiger partial charge in [-0.05, 0) is 24.3 Å². The summed E-state index contributed by atoms with van der Waals surface area (Å²) in [6, 6.07) is 10.7. The fourth-order valence-electron chi connectivity index (χ4n) is 1.50. The second kappa shape index (κ2) is 5.06. The number of nitrogens with zero attached hydrogens (tertiary/aromatic N) is 2. The Labute approximate surface area is 105 Å². The van der Waals surface area contributed by atoms with Gasteiger partial charge in [0.25, 0.3) is 0 Å². The minimum absolute atomic E-state index is 0.501. The SMILES string of the molecule is COc1ccc(C#N)c(Nc2ncccc2N)c1. The molecule has 90 valence electrons. The summed E-state index contributed by atoms with van der Waals surface area (Å²) >= 11 is 0. The summed E-state index contributed by atoms with van der Waals surface area (Å²) in [5.41, 5.74) is 7.42. The van der Waals surface area contributed by atoms with Crippen LogP contribution in [0.15, 0.2) is 36.5 Å². The van der Waals surface area contributed by atoms with Gasteiger partial charge in [0.1, 0.15) is 11.8 Å². The number of hydrogen-bond acceptors (Lipinski definition) is 5. The van der Waals surface area contributed by atoms with E-state index >= 15 is 0 Å². The molecular formula is C13H12N4O. The number of ether oxygens (including phenoxy) is 1. The number of benzene rings is 1. The highest BCUT2D eigenvalue weighted by molar-refractivity contribution is 5.72. The molecule has 0 fully saturated rings. The Kier molecular flexibility index (Phi) is 3.30. The number of rotatable bonds is 3. The maximum atomic E-state index is 9.05. The third kappa shape index (κ3) is 2.33. The topological polar surface area (TPSA) is 84.0 Å². The lowest BCUT2D eigenvalue weighted by atomic mass is 10.2. The van der Waals surface area contributed by atoms with Gasteiger partial charge in [-0.2, -0.15) is 5.26 Å². The van der Waals surface area contributed by atoms with Crippen molar-refractivity contribution < 1.29 is 4.74 Å². The van der Waals surface area contributed by atoms with E-state index in [1.165, 1.54) is 0 Å². The van der Waals surface area contributed by atoms with Crippen molar-refractivity contribution in [2.24, 2.45) is 0 Å². The van der Waals surface area contributed by atoms with E-state index in [9.17, 15) is 0 Å². The van der Waals surface area contributed by atoms with Crippen LogP contribution in [0.3, 0.4) is 0 Å². The Balaban J connectivity index is 2.39. The summed E-state index contributed by atoms with van der Waals surface area (Å²) < 4.78 is 5.12. The summed E-state index contributed by atoms with van der Waals surface area (Å²) in [6.07, 6.45) is 1.63. The molecule has 0 saturated carbocycles. The van der Waals surface area contributed by atoms with Gasteiger partial charge in [-0.1, -0.05) is 0 Å². The van der Waals surface area contributed by atoms with Crippen LogP contribution >= 0.6 is 0 Å². The van der Waals surface area contributed by atoms with E-state index in [0.29, 0.717) is 28.5 Å². The van der Waals surface area contributed by atoms with E-state index in [0.717, 1.165) is 0 Å². The zero-order chi connectivity index (χ0) is 13.0. The molecule has 0 unspecified atom stereocenters. The molecule has 0 aliphatic heterocycles. The molecule has 0 amide bonds. The van der Waals surface area contributed by atoms with Crippen molar-refractivity contribution in [3.63, 3.8) is 0 Å². The lowest BCUT2D eigenvalue weighted by molar-refractivity contribution is 0.415. The van der Waals surface area contributed by atoms with E-state index in [4.69, 9.17) is 15.7 Å². The number of nitrogens with one attached hydrogen (secondary N) is 1. The number of hydrogen-bond donors (Lipinski definition) is 2. The van der Waals surface area contributed by atoms with Crippen LogP contribution in [-0.2, 0) is 0 Å². The summed E-state index contributed by atoms with van der Waals surface area (Å²) in [7, 11) is 1.57. The standard InChI is InChI=1S/C13H12N4O/c1-18-10-5-4-9(8-14)12(7-10)17-13-11(15)3-2-6-16-13/h2-7H,15H2,1H3,(H,16,17). The van der Waals surface area contributed by atoms with Gasteiger partial charge in [0, 0.05) is 12.3 Å². The molecule has 5 nitrogen and oxygen atoms in total. The van der Waals surface area contributed by atoms with Crippen molar-refractivity contribution in [2.45, 2.75) is 0 Å². The van der Waals surface area contributed by atoms with Gasteiger partial charge in [0.2, 0.25) is 0 Å². The predicted octanol–water partition coefficient (Wildman–Crippen LogP) is 2.29. The van der Waals surface area contributed by atoms with Crippen LogP contribution in [0.2, 0.25) is 0 Å². The van der Waals surface area contributed by atoms with Crippen molar-refractivity contribution in [1.29, 1.82) is 5.26 Å². The highest BCUT2D eigenvalue weighted by Gasteiger charge is 2.06. The molecule has 3 N–H and O–H groups in total. The van der Waals surface area contributed by atoms with Gasteiger partial charge in [-0.3, -0.25) is 0 Å². The first kappa shape index (κ1) is 11.7. The maximum absolute atomic E-state index is 9.05. The van der Waals surface area contributed by atoms with Gasteiger partial charge in [-0.15, -0.1) is 0 Å². The van der Waals surface area contributed by atoms with Crippen LogP contribution in [0.5, 0.6) is 5.75 Å². The molecule has 0 aliphatic rings. The van der Waals surface area contributed by atoms with Crippen LogP contribution in [0.1, 0.15) is 5.56 Å². The van der Waals surface area contributed by atoms with Crippen LogP contribution < -0.4 is 15.8 Å².